The van der Waals surface area contributed by atoms with E-state index in [9.17, 15) is 4.21 Å². The minimum Gasteiger partial charge on any atom is -0.341 e. The van der Waals surface area contributed by atoms with Gasteiger partial charge in [0.2, 0.25) is 0 Å². The van der Waals surface area contributed by atoms with Crippen LogP contribution in [0.4, 0.5) is 11.4 Å². The number of anilines is 2. The number of rotatable bonds is 6. The quantitative estimate of drug-likeness (QED) is 0.786. The highest BCUT2D eigenvalue weighted by Gasteiger charge is 2.14. The summed E-state index contributed by atoms with van der Waals surface area (Å²) in [5.41, 5.74) is 2.20. The summed E-state index contributed by atoms with van der Waals surface area (Å²) in [6.07, 6.45) is 3.99. The van der Waals surface area contributed by atoms with Gasteiger partial charge in [0.15, 0.2) is 0 Å². The Kier molecular flexibility index (Phi) is 5.36. The molecule has 0 heterocycles. The maximum Gasteiger partial charge on any atom is 0.0622 e. The zero-order chi connectivity index (χ0) is 14.4. The number of para-hydroxylation sites is 2. The van der Waals surface area contributed by atoms with Gasteiger partial charge in [0, 0.05) is 18.5 Å². The van der Waals surface area contributed by atoms with E-state index in [1.807, 2.05) is 36.4 Å². The second-order valence-corrected chi connectivity index (χ2v) is 6.11. The lowest BCUT2D eigenvalue weighted by molar-refractivity contribution is 0.686. The van der Waals surface area contributed by atoms with E-state index in [4.69, 9.17) is 0 Å². The minimum atomic E-state index is -0.982. The van der Waals surface area contributed by atoms with Crippen LogP contribution in [-0.2, 0) is 10.8 Å². The monoisotopic (exact) mass is 287 g/mol. The molecule has 0 aliphatic heterocycles. The van der Waals surface area contributed by atoms with Crippen LogP contribution in [0.2, 0.25) is 0 Å². The second-order valence-electron chi connectivity index (χ2n) is 4.76. The number of unbranched alkanes of at least 4 members (excludes halogenated alkanes) is 1. The standard InChI is InChI=1S/C17H21NOS/c1-3-4-14-18(15-10-6-5-7-11-15)16-12-8-9-13-17(16)20(2)19/h5-13H,3-4,14H2,1-2H3. The Morgan fingerprint density at radius 2 is 1.65 bits per heavy atom. The highest BCUT2D eigenvalue weighted by atomic mass is 32.2. The zero-order valence-corrected chi connectivity index (χ0v) is 12.9. The van der Waals surface area contributed by atoms with Gasteiger partial charge in [-0.25, -0.2) is 0 Å². The molecule has 106 valence electrons. The average Bonchev–Trinajstić information content (AvgIpc) is 2.49. The molecule has 0 saturated heterocycles. The molecule has 2 aromatic rings. The first-order valence-corrected chi connectivity index (χ1v) is 8.55. The Morgan fingerprint density at radius 1 is 1.00 bits per heavy atom. The van der Waals surface area contributed by atoms with Gasteiger partial charge in [-0.1, -0.05) is 43.7 Å². The molecule has 0 aromatic heterocycles. The molecule has 0 bridgehead atoms. The molecule has 0 N–H and O–H groups in total. The Morgan fingerprint density at radius 3 is 2.30 bits per heavy atom. The van der Waals surface area contributed by atoms with E-state index < -0.39 is 10.8 Å². The molecule has 3 heteroatoms. The Hall–Kier alpha value is -1.61. The smallest absolute Gasteiger partial charge is 0.0622 e. The number of benzene rings is 2. The van der Waals surface area contributed by atoms with Crippen LogP contribution in [0.1, 0.15) is 19.8 Å². The predicted molar refractivity (Wildman–Crippen MR) is 87.1 cm³/mol. The van der Waals surface area contributed by atoms with Crippen LogP contribution >= 0.6 is 0 Å². The fourth-order valence-electron chi connectivity index (χ4n) is 2.24. The van der Waals surface area contributed by atoms with Crippen LogP contribution in [0.25, 0.3) is 0 Å². The molecule has 0 aliphatic rings. The lowest BCUT2D eigenvalue weighted by Gasteiger charge is -2.26. The molecule has 0 spiro atoms. The van der Waals surface area contributed by atoms with Crippen LogP contribution in [-0.4, -0.2) is 17.0 Å². The van der Waals surface area contributed by atoms with Crippen LogP contribution in [0.3, 0.4) is 0 Å². The van der Waals surface area contributed by atoms with Crippen molar-refractivity contribution in [2.45, 2.75) is 24.7 Å². The summed E-state index contributed by atoms with van der Waals surface area (Å²) in [4.78, 5) is 3.16. The predicted octanol–water partition coefficient (Wildman–Crippen LogP) is 4.36. The van der Waals surface area contributed by atoms with Crippen molar-refractivity contribution in [1.29, 1.82) is 0 Å². The third-order valence-electron chi connectivity index (χ3n) is 3.27. The third-order valence-corrected chi connectivity index (χ3v) is 4.23. The van der Waals surface area contributed by atoms with Crippen molar-refractivity contribution in [2.24, 2.45) is 0 Å². The number of hydrogen-bond donors (Lipinski definition) is 0. The van der Waals surface area contributed by atoms with Gasteiger partial charge < -0.3 is 4.90 Å². The second kappa shape index (κ2) is 7.25. The van der Waals surface area contributed by atoms with Crippen molar-refractivity contribution in [1.82, 2.24) is 0 Å². The van der Waals surface area contributed by atoms with E-state index in [0.29, 0.717) is 0 Å². The summed E-state index contributed by atoms with van der Waals surface area (Å²) in [5, 5.41) is 0. The lowest BCUT2D eigenvalue weighted by Crippen LogP contribution is -2.19. The van der Waals surface area contributed by atoms with E-state index >= 15 is 0 Å². The molecular weight excluding hydrogens is 266 g/mol. The molecule has 2 aromatic carbocycles. The molecule has 20 heavy (non-hydrogen) atoms. The first-order valence-electron chi connectivity index (χ1n) is 6.99. The molecule has 0 fully saturated rings. The van der Waals surface area contributed by atoms with Crippen LogP contribution in [0.5, 0.6) is 0 Å². The zero-order valence-electron chi connectivity index (χ0n) is 12.1. The highest BCUT2D eigenvalue weighted by molar-refractivity contribution is 7.84. The molecule has 2 nitrogen and oxygen atoms in total. The topological polar surface area (TPSA) is 20.3 Å². The van der Waals surface area contributed by atoms with Crippen molar-refractivity contribution < 1.29 is 4.21 Å². The fourth-order valence-corrected chi connectivity index (χ4v) is 2.98. The summed E-state index contributed by atoms with van der Waals surface area (Å²) in [6.45, 7) is 3.13. The first-order chi connectivity index (χ1) is 9.74. The van der Waals surface area contributed by atoms with E-state index in [1.54, 1.807) is 6.26 Å². The molecule has 0 radical (unpaired) electrons. The van der Waals surface area contributed by atoms with Crippen LogP contribution in [0.15, 0.2) is 59.5 Å². The molecule has 1 unspecified atom stereocenters. The van der Waals surface area contributed by atoms with Crippen molar-refractivity contribution in [3.63, 3.8) is 0 Å². The summed E-state index contributed by atoms with van der Waals surface area (Å²) in [5.74, 6) is 0. The maximum atomic E-state index is 12.0. The average molecular weight is 287 g/mol. The van der Waals surface area contributed by atoms with Gasteiger partial charge in [-0.05, 0) is 30.7 Å². The van der Waals surface area contributed by atoms with E-state index in [1.165, 1.54) is 0 Å². The number of hydrogen-bond acceptors (Lipinski definition) is 2. The van der Waals surface area contributed by atoms with Gasteiger partial charge in [0.25, 0.3) is 0 Å². The van der Waals surface area contributed by atoms with E-state index in [2.05, 4.69) is 30.0 Å². The molecule has 0 amide bonds. The van der Waals surface area contributed by atoms with E-state index in [-0.39, 0.29) is 0 Å². The molecule has 0 aliphatic carbocycles. The van der Waals surface area contributed by atoms with E-state index in [0.717, 1.165) is 35.7 Å². The van der Waals surface area contributed by atoms with Crippen molar-refractivity contribution >= 4 is 22.2 Å². The fraction of sp³-hybridized carbons (Fsp3) is 0.294. The van der Waals surface area contributed by atoms with Crippen LogP contribution < -0.4 is 4.90 Å². The molecule has 2 rings (SSSR count). The maximum absolute atomic E-state index is 12.0. The van der Waals surface area contributed by atoms with Crippen LogP contribution in [0, 0.1) is 0 Å². The van der Waals surface area contributed by atoms with Gasteiger partial charge >= 0.3 is 0 Å². The minimum absolute atomic E-state index is 0.896. The molecular formula is C17H21NOS. The van der Waals surface area contributed by atoms with Gasteiger partial charge in [-0.2, -0.15) is 0 Å². The third kappa shape index (κ3) is 3.48. The number of nitrogens with zero attached hydrogens (tertiary/aromatic N) is 1. The highest BCUT2D eigenvalue weighted by Crippen LogP contribution is 2.30. The Balaban J connectivity index is 2.44. The summed E-state index contributed by atoms with van der Waals surface area (Å²) in [7, 11) is -0.982. The summed E-state index contributed by atoms with van der Waals surface area (Å²) in [6, 6.07) is 18.3. The lowest BCUT2D eigenvalue weighted by atomic mass is 10.2. The van der Waals surface area contributed by atoms with Gasteiger partial charge in [-0.3, -0.25) is 4.21 Å². The largest absolute Gasteiger partial charge is 0.341 e. The van der Waals surface area contributed by atoms with Gasteiger partial charge in [0.1, 0.15) is 0 Å². The normalized spacial score (nSPS) is 12.1. The first kappa shape index (κ1) is 14.8. The Labute approximate surface area is 123 Å². The van der Waals surface area contributed by atoms with Crippen molar-refractivity contribution in [3.05, 3.63) is 54.6 Å². The summed E-state index contributed by atoms with van der Waals surface area (Å²) >= 11 is 0. The molecule has 0 saturated carbocycles. The van der Waals surface area contributed by atoms with Crippen molar-refractivity contribution in [2.75, 3.05) is 17.7 Å². The van der Waals surface area contributed by atoms with Crippen molar-refractivity contribution in [3.8, 4) is 0 Å². The van der Waals surface area contributed by atoms with Gasteiger partial charge in [-0.15, -0.1) is 0 Å². The molecule has 1 atom stereocenters. The summed E-state index contributed by atoms with van der Waals surface area (Å²) < 4.78 is 12.0. The Bertz CT molecular complexity index is 568. The van der Waals surface area contributed by atoms with Gasteiger partial charge in [0.05, 0.1) is 21.4 Å². The SMILES string of the molecule is CCCCN(c1ccccc1)c1ccccc1S(C)=O.